The summed E-state index contributed by atoms with van der Waals surface area (Å²) in [5.41, 5.74) is 6.85. The van der Waals surface area contributed by atoms with Crippen molar-refractivity contribution in [1.82, 2.24) is 5.32 Å². The summed E-state index contributed by atoms with van der Waals surface area (Å²) in [6, 6.07) is 7.95. The molecular formula is C12H18ClN3. The Morgan fingerprint density at radius 2 is 1.81 bits per heavy atom. The monoisotopic (exact) mass is 239 g/mol. The van der Waals surface area contributed by atoms with Gasteiger partial charge in [0.25, 0.3) is 0 Å². The highest BCUT2D eigenvalue weighted by Crippen LogP contribution is 2.18. The molecule has 0 radical (unpaired) electrons. The minimum Gasteiger partial charge on any atom is -0.370 e. The molecule has 1 atom stereocenters. The topological polar surface area (TPSA) is 50.4 Å². The largest absolute Gasteiger partial charge is 0.370 e. The zero-order chi connectivity index (χ0) is 12.1. The molecule has 3 N–H and O–H groups in total. The molecule has 0 saturated carbocycles. The molecule has 0 bridgehead atoms. The lowest BCUT2D eigenvalue weighted by molar-refractivity contribution is 0.711. The van der Waals surface area contributed by atoms with Gasteiger partial charge in [-0.05, 0) is 38.5 Å². The zero-order valence-electron chi connectivity index (χ0n) is 9.87. The first kappa shape index (κ1) is 12.8. The van der Waals surface area contributed by atoms with Crippen molar-refractivity contribution in [3.8, 4) is 0 Å². The molecule has 0 heterocycles. The lowest BCUT2D eigenvalue weighted by Crippen LogP contribution is -2.36. The minimum absolute atomic E-state index is 0.0310. The Bertz CT molecular complexity index is 357. The summed E-state index contributed by atoms with van der Waals surface area (Å²) in [5.74, 6) is 0.470. The van der Waals surface area contributed by atoms with Gasteiger partial charge >= 0.3 is 0 Å². The summed E-state index contributed by atoms with van der Waals surface area (Å²) in [4.78, 5) is 4.36. The predicted molar refractivity (Wildman–Crippen MR) is 69.8 cm³/mol. The predicted octanol–water partition coefficient (Wildman–Crippen LogP) is 2.71. The molecule has 0 saturated heterocycles. The van der Waals surface area contributed by atoms with E-state index in [1.54, 1.807) is 0 Å². The van der Waals surface area contributed by atoms with E-state index < -0.39 is 0 Å². The van der Waals surface area contributed by atoms with E-state index in [-0.39, 0.29) is 6.04 Å². The maximum atomic E-state index is 5.82. The van der Waals surface area contributed by atoms with Crippen molar-refractivity contribution in [3.05, 3.63) is 34.9 Å². The third kappa shape index (κ3) is 4.11. The van der Waals surface area contributed by atoms with Gasteiger partial charge in [-0.3, -0.25) is 0 Å². The molecule has 1 aromatic rings. The molecule has 0 aromatic heterocycles. The highest BCUT2D eigenvalue weighted by molar-refractivity contribution is 6.30. The molecule has 0 aliphatic carbocycles. The second-order valence-electron chi connectivity index (χ2n) is 4.04. The second-order valence-corrected chi connectivity index (χ2v) is 4.48. The van der Waals surface area contributed by atoms with Gasteiger partial charge in [-0.15, -0.1) is 0 Å². The summed E-state index contributed by atoms with van der Waals surface area (Å²) in [5, 5.41) is 3.79. The number of halogens is 1. The van der Waals surface area contributed by atoms with Crippen LogP contribution in [-0.2, 0) is 0 Å². The molecular weight excluding hydrogens is 222 g/mol. The van der Waals surface area contributed by atoms with Crippen LogP contribution in [-0.4, -0.2) is 12.0 Å². The van der Waals surface area contributed by atoms with E-state index in [4.69, 9.17) is 17.3 Å². The fraction of sp³-hybridized carbons (Fsp3) is 0.417. The number of guanidine groups is 1. The molecule has 1 rings (SSSR count). The molecule has 0 aliphatic heterocycles. The number of benzene rings is 1. The number of nitrogens with one attached hydrogen (secondary N) is 1. The molecule has 16 heavy (non-hydrogen) atoms. The van der Waals surface area contributed by atoms with Gasteiger partial charge in [-0.25, -0.2) is 4.99 Å². The molecule has 0 aliphatic rings. The fourth-order valence-corrected chi connectivity index (χ4v) is 1.48. The Labute approximate surface area is 102 Å². The van der Waals surface area contributed by atoms with Crippen LogP contribution in [0.25, 0.3) is 0 Å². The molecule has 0 amide bonds. The molecule has 0 fully saturated rings. The van der Waals surface area contributed by atoms with E-state index in [0.717, 1.165) is 10.6 Å². The zero-order valence-corrected chi connectivity index (χ0v) is 10.6. The van der Waals surface area contributed by atoms with Crippen LogP contribution in [0, 0.1) is 0 Å². The summed E-state index contributed by atoms with van der Waals surface area (Å²) >= 11 is 5.82. The lowest BCUT2D eigenvalue weighted by atomic mass is 10.1. The molecule has 1 aromatic carbocycles. The molecule has 4 heteroatoms. The van der Waals surface area contributed by atoms with Gasteiger partial charge in [0.2, 0.25) is 0 Å². The number of hydrogen-bond donors (Lipinski definition) is 2. The van der Waals surface area contributed by atoms with Gasteiger partial charge in [0.05, 0.1) is 6.04 Å². The van der Waals surface area contributed by atoms with Crippen LogP contribution in [0.3, 0.4) is 0 Å². The molecule has 1 unspecified atom stereocenters. The van der Waals surface area contributed by atoms with E-state index >= 15 is 0 Å². The highest BCUT2D eigenvalue weighted by atomic mass is 35.5. The van der Waals surface area contributed by atoms with Gasteiger partial charge < -0.3 is 11.1 Å². The van der Waals surface area contributed by atoms with Crippen molar-refractivity contribution < 1.29 is 0 Å². The first-order valence-corrected chi connectivity index (χ1v) is 5.72. The number of nitrogens with two attached hydrogens (primary N) is 1. The fourth-order valence-electron chi connectivity index (χ4n) is 1.36. The Balaban J connectivity index is 2.71. The van der Waals surface area contributed by atoms with Crippen molar-refractivity contribution in [3.63, 3.8) is 0 Å². The second kappa shape index (κ2) is 5.75. The van der Waals surface area contributed by atoms with Crippen LogP contribution in [0.5, 0.6) is 0 Å². The van der Waals surface area contributed by atoms with Gasteiger partial charge in [-0.2, -0.15) is 0 Å². The lowest BCUT2D eigenvalue weighted by Gasteiger charge is -2.12. The third-order valence-electron chi connectivity index (χ3n) is 2.12. The van der Waals surface area contributed by atoms with E-state index in [1.807, 2.05) is 45.0 Å². The van der Waals surface area contributed by atoms with Crippen LogP contribution in [0.4, 0.5) is 0 Å². The normalized spacial score (nSPS) is 13.9. The molecule has 0 spiro atoms. The van der Waals surface area contributed by atoms with Crippen LogP contribution in [0.1, 0.15) is 32.4 Å². The van der Waals surface area contributed by atoms with Crippen molar-refractivity contribution in [2.75, 3.05) is 0 Å². The Morgan fingerprint density at radius 1 is 1.25 bits per heavy atom. The summed E-state index contributed by atoms with van der Waals surface area (Å²) in [7, 11) is 0. The number of hydrogen-bond acceptors (Lipinski definition) is 1. The summed E-state index contributed by atoms with van der Waals surface area (Å²) in [6.07, 6.45) is 0. The third-order valence-corrected chi connectivity index (χ3v) is 2.37. The van der Waals surface area contributed by atoms with Crippen molar-refractivity contribution in [2.24, 2.45) is 10.7 Å². The highest BCUT2D eigenvalue weighted by Gasteiger charge is 2.04. The minimum atomic E-state index is 0.0310. The maximum absolute atomic E-state index is 5.82. The number of rotatable bonds is 3. The van der Waals surface area contributed by atoms with Gasteiger partial charge in [0.15, 0.2) is 5.96 Å². The van der Waals surface area contributed by atoms with Crippen LogP contribution in [0.2, 0.25) is 5.02 Å². The van der Waals surface area contributed by atoms with Crippen molar-refractivity contribution in [2.45, 2.75) is 32.9 Å². The van der Waals surface area contributed by atoms with Crippen molar-refractivity contribution in [1.29, 1.82) is 0 Å². The van der Waals surface area contributed by atoms with Gasteiger partial charge in [-0.1, -0.05) is 23.7 Å². The first-order valence-electron chi connectivity index (χ1n) is 5.34. The van der Waals surface area contributed by atoms with Gasteiger partial charge in [0, 0.05) is 11.1 Å². The van der Waals surface area contributed by atoms with E-state index in [1.165, 1.54) is 0 Å². The number of nitrogens with zero attached hydrogens (tertiary/aromatic N) is 1. The quantitative estimate of drug-likeness (QED) is 0.630. The van der Waals surface area contributed by atoms with E-state index in [2.05, 4.69) is 10.3 Å². The van der Waals surface area contributed by atoms with Crippen LogP contribution in [0.15, 0.2) is 29.3 Å². The van der Waals surface area contributed by atoms with Crippen LogP contribution < -0.4 is 11.1 Å². The molecule has 88 valence electrons. The Morgan fingerprint density at radius 3 is 2.31 bits per heavy atom. The standard InChI is InChI=1S/C12H18ClN3/c1-8(2)15-12(14)16-9(3)10-4-6-11(13)7-5-10/h4-9H,1-3H3,(H3,14,15,16). The smallest absolute Gasteiger partial charge is 0.189 e. The average Bonchev–Trinajstić information content (AvgIpc) is 2.16. The van der Waals surface area contributed by atoms with Gasteiger partial charge in [0.1, 0.15) is 0 Å². The Kier molecular flexibility index (Phi) is 4.62. The van der Waals surface area contributed by atoms with Crippen molar-refractivity contribution >= 4 is 17.6 Å². The first-order chi connectivity index (χ1) is 7.49. The summed E-state index contributed by atoms with van der Waals surface area (Å²) in [6.45, 7) is 6.04. The molecule has 3 nitrogen and oxygen atoms in total. The van der Waals surface area contributed by atoms with E-state index in [9.17, 15) is 0 Å². The maximum Gasteiger partial charge on any atom is 0.189 e. The SMILES string of the molecule is CC(C)NC(N)=NC(C)c1ccc(Cl)cc1. The Hall–Kier alpha value is -1.22. The number of aliphatic imine (C=N–C) groups is 1. The van der Waals surface area contributed by atoms with Crippen LogP contribution >= 0.6 is 11.6 Å². The average molecular weight is 240 g/mol. The van der Waals surface area contributed by atoms with E-state index in [0.29, 0.717) is 12.0 Å². The summed E-state index contributed by atoms with van der Waals surface area (Å²) < 4.78 is 0.